The number of carbonyl (C=O) groups excluding carboxylic acids is 1. The standard InChI is InChI=1S/C19H18F3N3O3S/c1-3-28-9-8-25-10-23-17-14(18(25)27)11(2)15(29-17)16(26)24-13-7-5-4-6-12(13)19(20,21)22/h4-7,10H,3,8-9H2,1-2H3,(H,24,26). The Hall–Kier alpha value is -2.72. The van der Waals surface area contributed by atoms with Crippen LogP contribution in [0.1, 0.15) is 27.7 Å². The van der Waals surface area contributed by atoms with Gasteiger partial charge >= 0.3 is 6.18 Å². The fraction of sp³-hybridized carbons (Fsp3) is 0.316. The summed E-state index contributed by atoms with van der Waals surface area (Å²) in [5.41, 5.74) is -1.22. The van der Waals surface area contributed by atoms with E-state index in [1.807, 2.05) is 6.92 Å². The average molecular weight is 425 g/mol. The Labute approximate surface area is 167 Å². The smallest absolute Gasteiger partial charge is 0.380 e. The molecule has 3 rings (SSSR count). The molecule has 2 aromatic heterocycles. The molecule has 0 atom stereocenters. The molecule has 0 aliphatic rings. The van der Waals surface area contributed by atoms with Crippen LogP contribution < -0.4 is 10.9 Å². The van der Waals surface area contributed by atoms with Gasteiger partial charge < -0.3 is 10.1 Å². The fourth-order valence-electron chi connectivity index (χ4n) is 2.86. The summed E-state index contributed by atoms with van der Waals surface area (Å²) in [7, 11) is 0. The van der Waals surface area contributed by atoms with Crippen LogP contribution in [-0.4, -0.2) is 28.7 Å². The number of aromatic nitrogens is 2. The average Bonchev–Trinajstić information content (AvgIpc) is 3.01. The predicted octanol–water partition coefficient (Wildman–Crippen LogP) is 4.07. The molecule has 0 saturated heterocycles. The number of para-hydroxylation sites is 1. The van der Waals surface area contributed by atoms with Crippen LogP contribution in [0.25, 0.3) is 10.2 Å². The third-order valence-corrected chi connectivity index (χ3v) is 5.48. The summed E-state index contributed by atoms with van der Waals surface area (Å²) in [6.45, 7) is 4.60. The topological polar surface area (TPSA) is 73.2 Å². The number of halogens is 3. The van der Waals surface area contributed by atoms with Crippen molar-refractivity contribution < 1.29 is 22.7 Å². The zero-order valence-corrected chi connectivity index (χ0v) is 16.5. The van der Waals surface area contributed by atoms with Gasteiger partial charge in [-0.2, -0.15) is 13.2 Å². The number of amides is 1. The maximum atomic E-state index is 13.2. The van der Waals surface area contributed by atoms with E-state index in [9.17, 15) is 22.8 Å². The molecule has 1 aromatic carbocycles. The molecule has 0 saturated carbocycles. The molecule has 0 aliphatic heterocycles. The second-order valence-electron chi connectivity index (χ2n) is 6.17. The lowest BCUT2D eigenvalue weighted by Gasteiger charge is -2.13. The van der Waals surface area contributed by atoms with E-state index in [4.69, 9.17) is 4.74 Å². The molecule has 0 unspecified atom stereocenters. The van der Waals surface area contributed by atoms with Crippen LogP contribution in [0.15, 0.2) is 35.4 Å². The largest absolute Gasteiger partial charge is 0.418 e. The summed E-state index contributed by atoms with van der Waals surface area (Å²) in [5.74, 6) is -0.720. The van der Waals surface area contributed by atoms with Crippen LogP contribution in [0.5, 0.6) is 0 Å². The Bertz CT molecular complexity index is 1110. The van der Waals surface area contributed by atoms with E-state index in [1.54, 1.807) is 6.92 Å². The van der Waals surface area contributed by atoms with E-state index in [0.29, 0.717) is 30.2 Å². The lowest BCUT2D eigenvalue weighted by molar-refractivity contribution is -0.136. The summed E-state index contributed by atoms with van der Waals surface area (Å²) in [4.78, 5) is 30.1. The fourth-order valence-corrected chi connectivity index (χ4v) is 3.90. The van der Waals surface area contributed by atoms with Crippen LogP contribution in [0.4, 0.5) is 18.9 Å². The van der Waals surface area contributed by atoms with Gasteiger partial charge in [-0.3, -0.25) is 14.2 Å². The number of fused-ring (bicyclic) bond motifs is 1. The molecule has 0 bridgehead atoms. The number of benzene rings is 1. The highest BCUT2D eigenvalue weighted by atomic mass is 32.1. The van der Waals surface area contributed by atoms with E-state index >= 15 is 0 Å². The van der Waals surface area contributed by atoms with Gasteiger partial charge in [-0.25, -0.2) is 4.98 Å². The monoisotopic (exact) mass is 425 g/mol. The number of nitrogens with zero attached hydrogens (tertiary/aromatic N) is 2. The highest BCUT2D eigenvalue weighted by molar-refractivity contribution is 7.20. The zero-order chi connectivity index (χ0) is 21.2. The van der Waals surface area contributed by atoms with Gasteiger partial charge in [0.05, 0.1) is 41.0 Å². The van der Waals surface area contributed by atoms with Gasteiger partial charge in [-0.05, 0) is 31.5 Å². The van der Waals surface area contributed by atoms with E-state index in [0.717, 1.165) is 17.4 Å². The Kier molecular flexibility index (Phi) is 6.04. The molecule has 3 aromatic rings. The number of anilines is 1. The van der Waals surface area contributed by atoms with Crippen molar-refractivity contribution in [3.63, 3.8) is 0 Å². The van der Waals surface area contributed by atoms with Gasteiger partial charge in [0.2, 0.25) is 0 Å². The van der Waals surface area contributed by atoms with E-state index in [-0.39, 0.29) is 21.5 Å². The lowest BCUT2D eigenvalue weighted by atomic mass is 10.1. The third kappa shape index (κ3) is 4.33. The van der Waals surface area contributed by atoms with Gasteiger partial charge in [0.15, 0.2) is 0 Å². The molecule has 154 valence electrons. The maximum Gasteiger partial charge on any atom is 0.418 e. The van der Waals surface area contributed by atoms with Gasteiger partial charge in [-0.15, -0.1) is 11.3 Å². The van der Waals surface area contributed by atoms with Crippen LogP contribution >= 0.6 is 11.3 Å². The number of alkyl halides is 3. The van der Waals surface area contributed by atoms with Crippen molar-refractivity contribution in [2.24, 2.45) is 0 Å². The molecular weight excluding hydrogens is 407 g/mol. The second kappa shape index (κ2) is 8.34. The number of rotatable bonds is 6. The quantitative estimate of drug-likeness (QED) is 0.604. The van der Waals surface area contributed by atoms with Crippen molar-refractivity contribution in [2.45, 2.75) is 26.6 Å². The van der Waals surface area contributed by atoms with Crippen molar-refractivity contribution in [2.75, 3.05) is 18.5 Å². The van der Waals surface area contributed by atoms with E-state index < -0.39 is 17.6 Å². The summed E-state index contributed by atoms with van der Waals surface area (Å²) < 4.78 is 46.1. The van der Waals surface area contributed by atoms with Crippen molar-refractivity contribution in [1.29, 1.82) is 0 Å². The number of hydrogen-bond acceptors (Lipinski definition) is 5. The number of nitrogens with one attached hydrogen (secondary N) is 1. The third-order valence-electron chi connectivity index (χ3n) is 4.28. The second-order valence-corrected chi connectivity index (χ2v) is 7.17. The van der Waals surface area contributed by atoms with Crippen LogP contribution in [0, 0.1) is 6.92 Å². The summed E-state index contributed by atoms with van der Waals surface area (Å²) in [5, 5.41) is 2.59. The molecule has 29 heavy (non-hydrogen) atoms. The molecule has 0 fully saturated rings. The number of aryl methyl sites for hydroxylation is 1. The molecular formula is C19H18F3N3O3S. The Balaban J connectivity index is 1.95. The molecule has 10 heteroatoms. The number of ether oxygens (including phenoxy) is 1. The van der Waals surface area contributed by atoms with Gasteiger partial charge in [0.25, 0.3) is 11.5 Å². The summed E-state index contributed by atoms with van der Waals surface area (Å²) in [6, 6.07) is 4.73. The minimum atomic E-state index is -4.60. The Morgan fingerprint density at radius 3 is 2.72 bits per heavy atom. The Morgan fingerprint density at radius 2 is 2.03 bits per heavy atom. The summed E-state index contributed by atoms with van der Waals surface area (Å²) >= 11 is 0.967. The van der Waals surface area contributed by atoms with Crippen molar-refractivity contribution in [1.82, 2.24) is 9.55 Å². The molecule has 6 nitrogen and oxygen atoms in total. The molecule has 1 amide bonds. The molecule has 0 aliphatic carbocycles. The van der Waals surface area contributed by atoms with Crippen molar-refractivity contribution in [3.05, 3.63) is 57.0 Å². The maximum absolute atomic E-state index is 13.2. The molecule has 2 heterocycles. The minimum Gasteiger partial charge on any atom is -0.380 e. The molecule has 0 spiro atoms. The summed E-state index contributed by atoms with van der Waals surface area (Å²) in [6.07, 6.45) is -3.23. The van der Waals surface area contributed by atoms with E-state index in [2.05, 4.69) is 10.3 Å². The van der Waals surface area contributed by atoms with Gasteiger partial charge in [0, 0.05) is 6.61 Å². The first-order chi connectivity index (χ1) is 13.7. The minimum absolute atomic E-state index is 0.143. The van der Waals surface area contributed by atoms with E-state index in [1.165, 1.54) is 29.1 Å². The predicted molar refractivity (Wildman–Crippen MR) is 105 cm³/mol. The molecule has 1 N–H and O–H groups in total. The lowest BCUT2D eigenvalue weighted by Crippen LogP contribution is -2.23. The first-order valence-electron chi connectivity index (χ1n) is 8.78. The zero-order valence-electron chi connectivity index (χ0n) is 15.7. The first-order valence-corrected chi connectivity index (χ1v) is 9.59. The van der Waals surface area contributed by atoms with Crippen LogP contribution in [-0.2, 0) is 17.5 Å². The normalized spacial score (nSPS) is 11.8. The SMILES string of the molecule is CCOCCn1cnc2sc(C(=O)Nc3ccccc3C(F)(F)F)c(C)c2c1=O. The first kappa shape index (κ1) is 21.0. The molecule has 0 radical (unpaired) electrons. The van der Waals surface area contributed by atoms with Gasteiger partial charge in [0.1, 0.15) is 4.83 Å². The highest BCUT2D eigenvalue weighted by Crippen LogP contribution is 2.35. The van der Waals surface area contributed by atoms with Crippen LogP contribution in [0.2, 0.25) is 0 Å². The number of thiophene rings is 1. The Morgan fingerprint density at radius 1 is 1.31 bits per heavy atom. The highest BCUT2D eigenvalue weighted by Gasteiger charge is 2.34. The van der Waals surface area contributed by atoms with Crippen molar-refractivity contribution >= 4 is 33.1 Å². The van der Waals surface area contributed by atoms with Crippen LogP contribution in [0.3, 0.4) is 0 Å². The number of carbonyl (C=O) groups is 1. The van der Waals surface area contributed by atoms with Gasteiger partial charge in [-0.1, -0.05) is 12.1 Å². The van der Waals surface area contributed by atoms with Crippen molar-refractivity contribution in [3.8, 4) is 0 Å². The number of hydrogen-bond donors (Lipinski definition) is 1.